The van der Waals surface area contributed by atoms with Gasteiger partial charge in [0.05, 0.1) is 0 Å². The normalized spacial score (nSPS) is 10.3. The average molecular weight is 311 g/mol. The van der Waals surface area contributed by atoms with E-state index in [9.17, 15) is 0 Å². The Morgan fingerprint density at radius 3 is 1.83 bits per heavy atom. The Balaban J connectivity index is 0. The van der Waals surface area contributed by atoms with E-state index >= 15 is 0 Å². The second-order valence-electron chi connectivity index (χ2n) is 2.20. The van der Waals surface area contributed by atoms with Crippen LogP contribution in [0.15, 0.2) is 30.3 Å². The van der Waals surface area contributed by atoms with Gasteiger partial charge in [-0.3, -0.25) is 0 Å². The van der Waals surface area contributed by atoms with Crippen molar-refractivity contribution in [3.05, 3.63) is 42.8 Å². The smallest absolute Gasteiger partial charge is 0 e. The third kappa shape index (κ3) is 6.51. The molecule has 1 aromatic rings. The molecule has 0 aliphatic rings. The van der Waals surface area contributed by atoms with Crippen LogP contribution in [0.1, 0.15) is 25.1 Å². The van der Waals surface area contributed by atoms with Gasteiger partial charge in [0.25, 0.3) is 0 Å². The largest absolute Gasteiger partial charge is 0.346 e. The van der Waals surface area contributed by atoms with Crippen LogP contribution in [0, 0.1) is 47.8 Å². The SMILES string of the molecule is CC(P)c1ccccc1.[CH2-]C.[Nd]. The summed E-state index contributed by atoms with van der Waals surface area (Å²) in [5, 5.41) is 0. The number of rotatable bonds is 1. The van der Waals surface area contributed by atoms with E-state index in [2.05, 4.69) is 47.4 Å². The predicted molar refractivity (Wildman–Crippen MR) is 55.6 cm³/mol. The summed E-state index contributed by atoms with van der Waals surface area (Å²) in [4.78, 5) is 0. The van der Waals surface area contributed by atoms with Gasteiger partial charge in [0.1, 0.15) is 0 Å². The first-order valence-corrected chi connectivity index (χ1v) is 4.48. The third-order valence-electron chi connectivity index (χ3n) is 1.33. The molecule has 0 N–H and O–H groups in total. The van der Waals surface area contributed by atoms with Crippen LogP contribution in [0.3, 0.4) is 0 Å². The molecule has 12 heavy (non-hydrogen) atoms. The van der Waals surface area contributed by atoms with Crippen LogP contribution < -0.4 is 0 Å². The molecule has 0 radical (unpaired) electrons. The molecule has 1 rings (SSSR count). The zero-order valence-corrected chi connectivity index (χ0v) is 12.1. The fourth-order valence-electron chi connectivity index (χ4n) is 0.757. The van der Waals surface area contributed by atoms with Gasteiger partial charge in [-0.05, 0) is 11.2 Å². The van der Waals surface area contributed by atoms with E-state index in [1.165, 1.54) is 5.56 Å². The minimum absolute atomic E-state index is 0. The zero-order valence-electron chi connectivity index (χ0n) is 7.75. The van der Waals surface area contributed by atoms with Gasteiger partial charge in [-0.25, -0.2) is 0 Å². The van der Waals surface area contributed by atoms with Crippen LogP contribution >= 0.6 is 9.24 Å². The van der Waals surface area contributed by atoms with E-state index in [1.807, 2.05) is 6.07 Å². The maximum atomic E-state index is 3.25. The molecule has 0 saturated carbocycles. The van der Waals surface area contributed by atoms with Gasteiger partial charge in [0, 0.05) is 40.8 Å². The molecule has 0 nitrogen and oxygen atoms in total. The Hall–Kier alpha value is 1.00. The Labute approximate surface area is 111 Å². The van der Waals surface area contributed by atoms with E-state index in [1.54, 1.807) is 6.92 Å². The molecule has 0 saturated heterocycles. The first-order valence-electron chi connectivity index (χ1n) is 3.82. The van der Waals surface area contributed by atoms with Crippen molar-refractivity contribution < 1.29 is 40.8 Å². The first-order chi connectivity index (χ1) is 5.30. The minimum atomic E-state index is 0. The summed E-state index contributed by atoms with van der Waals surface area (Å²) in [7, 11) is 2.77. The topological polar surface area (TPSA) is 0 Å². The van der Waals surface area contributed by atoms with Crippen LogP contribution in [-0.2, 0) is 0 Å². The maximum absolute atomic E-state index is 3.25. The summed E-state index contributed by atoms with van der Waals surface area (Å²) in [6.07, 6.45) is 0. The van der Waals surface area contributed by atoms with Crippen molar-refractivity contribution in [1.82, 2.24) is 0 Å². The summed E-state index contributed by atoms with van der Waals surface area (Å²) < 4.78 is 0. The Bertz CT molecular complexity index is 172. The molecule has 2 unspecified atom stereocenters. The van der Waals surface area contributed by atoms with Gasteiger partial charge < -0.3 is 6.92 Å². The van der Waals surface area contributed by atoms with Crippen molar-refractivity contribution in [2.45, 2.75) is 19.5 Å². The van der Waals surface area contributed by atoms with Crippen molar-refractivity contribution >= 4 is 9.24 Å². The van der Waals surface area contributed by atoms with Crippen LogP contribution in [0.2, 0.25) is 0 Å². The fraction of sp³-hybridized carbons (Fsp3) is 0.300. The van der Waals surface area contributed by atoms with E-state index in [0.717, 1.165) is 0 Å². The standard InChI is InChI=1S/C8H11P.C2H5.Nd/c1-7(9)8-5-3-2-4-6-8;1-2;/h2-7H,9H2,1H3;1H2,2H3;/q;-1;. The second kappa shape index (κ2) is 10.1. The van der Waals surface area contributed by atoms with Crippen molar-refractivity contribution in [1.29, 1.82) is 0 Å². The van der Waals surface area contributed by atoms with Gasteiger partial charge in [-0.1, -0.05) is 37.3 Å². The van der Waals surface area contributed by atoms with E-state index in [0.29, 0.717) is 5.66 Å². The van der Waals surface area contributed by atoms with Crippen molar-refractivity contribution in [2.75, 3.05) is 0 Å². The van der Waals surface area contributed by atoms with Gasteiger partial charge in [0.15, 0.2) is 0 Å². The molecule has 2 atom stereocenters. The quantitative estimate of drug-likeness (QED) is 0.550. The zero-order chi connectivity index (χ0) is 8.69. The Morgan fingerprint density at radius 1 is 1.17 bits per heavy atom. The van der Waals surface area contributed by atoms with Crippen molar-refractivity contribution in [2.24, 2.45) is 0 Å². The summed E-state index contributed by atoms with van der Waals surface area (Å²) in [5.74, 6) is 0. The van der Waals surface area contributed by atoms with E-state index in [-0.39, 0.29) is 40.8 Å². The number of benzene rings is 1. The molecule has 66 valence electrons. The van der Waals surface area contributed by atoms with Gasteiger partial charge in [0.2, 0.25) is 0 Å². The molecule has 2 heteroatoms. The molecular weight excluding hydrogens is 295 g/mol. The molecule has 0 heterocycles. The first kappa shape index (κ1) is 15.5. The number of hydrogen-bond donors (Lipinski definition) is 0. The van der Waals surface area contributed by atoms with Crippen LogP contribution in [0.5, 0.6) is 0 Å². The molecule has 0 amide bonds. The van der Waals surface area contributed by atoms with Crippen LogP contribution in [0.25, 0.3) is 0 Å². The summed E-state index contributed by atoms with van der Waals surface area (Å²) in [6, 6.07) is 10.4. The minimum Gasteiger partial charge on any atom is -0.346 e. The van der Waals surface area contributed by atoms with E-state index in [4.69, 9.17) is 0 Å². The molecule has 0 aliphatic carbocycles. The molecule has 0 aromatic heterocycles. The van der Waals surface area contributed by atoms with Gasteiger partial charge >= 0.3 is 0 Å². The Kier molecular flexibility index (Phi) is 13.0. The maximum Gasteiger partial charge on any atom is 0 e. The molecule has 0 fully saturated rings. The third-order valence-corrected chi connectivity index (χ3v) is 1.71. The van der Waals surface area contributed by atoms with Gasteiger partial charge in [-0.2, -0.15) is 6.92 Å². The van der Waals surface area contributed by atoms with Gasteiger partial charge in [-0.15, -0.1) is 9.24 Å². The van der Waals surface area contributed by atoms with Crippen LogP contribution in [0.4, 0.5) is 0 Å². The Morgan fingerprint density at radius 2 is 1.58 bits per heavy atom. The van der Waals surface area contributed by atoms with Crippen LogP contribution in [-0.4, -0.2) is 0 Å². The number of hydrogen-bond acceptors (Lipinski definition) is 0. The molecular formula is C10H16NdP-. The fourth-order valence-corrected chi connectivity index (χ4v) is 0.979. The monoisotopic (exact) mass is 309 g/mol. The predicted octanol–water partition coefficient (Wildman–Crippen LogP) is 3.46. The van der Waals surface area contributed by atoms with Crippen molar-refractivity contribution in [3.63, 3.8) is 0 Å². The summed E-state index contributed by atoms with van der Waals surface area (Å²) >= 11 is 0. The van der Waals surface area contributed by atoms with Crippen molar-refractivity contribution in [3.8, 4) is 0 Å². The molecule has 0 spiro atoms. The average Bonchev–Trinajstić information content (AvgIpc) is 2.10. The second-order valence-corrected chi connectivity index (χ2v) is 3.20. The molecule has 1 aromatic carbocycles. The molecule has 0 aliphatic heterocycles. The summed E-state index contributed by atoms with van der Waals surface area (Å²) in [6.45, 7) is 7.17. The van der Waals surface area contributed by atoms with E-state index < -0.39 is 0 Å². The molecule has 0 bridgehead atoms. The summed E-state index contributed by atoms with van der Waals surface area (Å²) in [5.41, 5.74) is 1.95.